The zero-order valence-corrected chi connectivity index (χ0v) is 20.1. The van der Waals surface area contributed by atoms with E-state index >= 15 is 0 Å². The van der Waals surface area contributed by atoms with Gasteiger partial charge in [-0.1, -0.05) is 17.9 Å². The molecule has 0 spiro atoms. The second kappa shape index (κ2) is 10.1. The summed E-state index contributed by atoms with van der Waals surface area (Å²) in [6.45, 7) is 3.20. The van der Waals surface area contributed by atoms with Crippen molar-refractivity contribution in [2.75, 3.05) is 11.9 Å². The number of hydrogen-bond acceptors (Lipinski definition) is 6. The molecule has 1 aromatic carbocycles. The summed E-state index contributed by atoms with van der Waals surface area (Å²) >= 11 is 0. The van der Waals surface area contributed by atoms with Crippen molar-refractivity contribution >= 4 is 17.5 Å². The summed E-state index contributed by atoms with van der Waals surface area (Å²) in [5.74, 6) is 4.91. The Morgan fingerprint density at radius 3 is 2.72 bits per heavy atom. The number of ether oxygens (including phenoxy) is 1. The molecule has 0 bridgehead atoms. The number of carbonyl (C=O) groups excluding carboxylic acids is 2. The quantitative estimate of drug-likeness (QED) is 0.432. The Balaban J connectivity index is 1.48. The first kappa shape index (κ1) is 24.8. The molecule has 0 radical (unpaired) electrons. The van der Waals surface area contributed by atoms with Gasteiger partial charge in [-0.25, -0.2) is 4.98 Å². The zero-order valence-electron chi connectivity index (χ0n) is 20.1. The first-order valence-corrected chi connectivity index (χ1v) is 11.3. The second-order valence-corrected chi connectivity index (χ2v) is 8.91. The number of fused-ring (bicyclic) bond motifs is 1. The molecule has 0 saturated heterocycles. The van der Waals surface area contributed by atoms with Crippen LogP contribution in [0.25, 0.3) is 0 Å². The number of nitrogens with one attached hydrogen (secondary N) is 1. The van der Waals surface area contributed by atoms with Crippen molar-refractivity contribution in [2.45, 2.75) is 38.3 Å². The molecule has 3 heterocycles. The van der Waals surface area contributed by atoms with Crippen LogP contribution in [-0.2, 0) is 11.2 Å². The molecule has 184 valence electrons. The molecule has 0 aliphatic carbocycles. The van der Waals surface area contributed by atoms with E-state index in [1.165, 1.54) is 35.5 Å². The fourth-order valence-corrected chi connectivity index (χ4v) is 3.69. The molecule has 0 saturated carbocycles. The molecule has 4 rings (SSSR count). The number of aryl methyl sites for hydroxylation is 1. The Bertz CT molecular complexity index is 1360. The average molecular weight is 489 g/mol. The minimum Gasteiger partial charge on any atom is -0.456 e. The second-order valence-electron chi connectivity index (χ2n) is 8.91. The molecule has 2 N–H and O–H groups in total. The van der Waals surface area contributed by atoms with Crippen molar-refractivity contribution in [3.63, 3.8) is 0 Å². The molecule has 2 aromatic heterocycles. The van der Waals surface area contributed by atoms with E-state index in [0.717, 1.165) is 5.56 Å². The molecule has 1 aliphatic rings. The van der Waals surface area contributed by atoms with E-state index in [0.29, 0.717) is 35.6 Å². The molecule has 3 aromatic rings. The number of benzene rings is 1. The fraction of sp³-hybridized carbons (Fsp3) is 0.259. The van der Waals surface area contributed by atoms with E-state index < -0.39 is 23.5 Å². The van der Waals surface area contributed by atoms with Crippen LogP contribution in [0.4, 0.5) is 10.1 Å². The summed E-state index contributed by atoms with van der Waals surface area (Å²) in [4.78, 5) is 35.3. The first-order valence-electron chi connectivity index (χ1n) is 11.3. The summed E-state index contributed by atoms with van der Waals surface area (Å²) in [6.07, 6.45) is 3.63. The third kappa shape index (κ3) is 6.03. The lowest BCUT2D eigenvalue weighted by atomic mass is 10.0. The minimum atomic E-state index is -1.13. The van der Waals surface area contributed by atoms with Gasteiger partial charge in [-0.15, -0.1) is 0 Å². The number of pyridine rings is 2. The fourth-order valence-electron chi connectivity index (χ4n) is 3.69. The Morgan fingerprint density at radius 2 is 2.00 bits per heavy atom. The lowest BCUT2D eigenvalue weighted by molar-refractivity contribution is -0.120. The van der Waals surface area contributed by atoms with Crippen LogP contribution in [0.3, 0.4) is 0 Å². The number of halogens is 1. The third-order valence-electron chi connectivity index (χ3n) is 5.50. The van der Waals surface area contributed by atoms with Crippen molar-refractivity contribution in [1.82, 2.24) is 15.3 Å². The van der Waals surface area contributed by atoms with E-state index in [1.54, 1.807) is 27.0 Å². The maximum Gasteiger partial charge on any atom is 0.270 e. The Labute approximate surface area is 208 Å². The molecule has 9 heteroatoms. The van der Waals surface area contributed by atoms with E-state index in [9.17, 15) is 19.1 Å². The summed E-state index contributed by atoms with van der Waals surface area (Å²) in [5.41, 5.74) is 1.29. The van der Waals surface area contributed by atoms with Crippen LogP contribution in [0, 0.1) is 17.8 Å². The normalized spacial score (nSPS) is 15.3. The molecular formula is C27H25FN4O4. The van der Waals surface area contributed by atoms with Gasteiger partial charge in [-0.3, -0.25) is 14.6 Å². The molecule has 36 heavy (non-hydrogen) atoms. The largest absolute Gasteiger partial charge is 0.456 e. The predicted octanol–water partition coefficient (Wildman–Crippen LogP) is 3.24. The lowest BCUT2D eigenvalue weighted by Crippen LogP contribution is -2.46. The number of aromatic nitrogens is 2. The van der Waals surface area contributed by atoms with Crippen LogP contribution in [0.15, 0.2) is 54.9 Å². The maximum atomic E-state index is 13.2. The van der Waals surface area contributed by atoms with Gasteiger partial charge in [0, 0.05) is 30.6 Å². The first-order chi connectivity index (χ1) is 17.1. The Kier molecular flexibility index (Phi) is 6.99. The van der Waals surface area contributed by atoms with Gasteiger partial charge in [0.1, 0.15) is 28.8 Å². The van der Waals surface area contributed by atoms with Crippen LogP contribution in [0.1, 0.15) is 41.9 Å². The van der Waals surface area contributed by atoms with E-state index in [4.69, 9.17) is 4.74 Å². The predicted molar refractivity (Wildman–Crippen MR) is 131 cm³/mol. The zero-order chi connectivity index (χ0) is 25.9. The maximum absolute atomic E-state index is 13.2. The minimum absolute atomic E-state index is 0.0731. The van der Waals surface area contributed by atoms with Crippen LogP contribution >= 0.6 is 0 Å². The van der Waals surface area contributed by atoms with Crippen LogP contribution < -0.4 is 15.0 Å². The number of rotatable bonds is 4. The monoisotopic (exact) mass is 488 g/mol. The summed E-state index contributed by atoms with van der Waals surface area (Å²) < 4.78 is 18.6. The van der Waals surface area contributed by atoms with Gasteiger partial charge in [-0.05, 0) is 62.6 Å². The van der Waals surface area contributed by atoms with Crippen LogP contribution in [-0.4, -0.2) is 45.6 Å². The van der Waals surface area contributed by atoms with Gasteiger partial charge < -0.3 is 20.1 Å². The highest BCUT2D eigenvalue weighted by Gasteiger charge is 2.30. The highest BCUT2D eigenvalue weighted by atomic mass is 19.1. The lowest BCUT2D eigenvalue weighted by Gasteiger charge is -2.22. The van der Waals surface area contributed by atoms with Gasteiger partial charge in [-0.2, -0.15) is 4.39 Å². The SMILES string of the molecule is CN1C(=O)[C@H](NC(=O)c2cc(Oc3ccc(F)nc3)ccn2)CCc2ccc(C#CC(C)(C)O)cc21. The number of nitrogens with zero attached hydrogens (tertiary/aromatic N) is 3. The van der Waals surface area contributed by atoms with E-state index in [-0.39, 0.29) is 11.6 Å². The molecule has 0 fully saturated rings. The van der Waals surface area contributed by atoms with Gasteiger partial charge in [0.15, 0.2) is 0 Å². The van der Waals surface area contributed by atoms with Crippen molar-refractivity contribution < 1.29 is 23.8 Å². The van der Waals surface area contributed by atoms with Crippen LogP contribution in [0.5, 0.6) is 11.5 Å². The molecule has 1 aliphatic heterocycles. The van der Waals surface area contributed by atoms with Gasteiger partial charge >= 0.3 is 0 Å². The topological polar surface area (TPSA) is 105 Å². The number of likely N-dealkylation sites (N-methyl/N-ethyl adjacent to an activating group) is 1. The number of hydrogen-bond donors (Lipinski definition) is 2. The highest BCUT2D eigenvalue weighted by Crippen LogP contribution is 2.28. The molecular weight excluding hydrogens is 463 g/mol. The number of amides is 2. The van der Waals surface area contributed by atoms with Crippen molar-refractivity contribution in [1.29, 1.82) is 0 Å². The third-order valence-corrected chi connectivity index (χ3v) is 5.50. The Hall–Kier alpha value is -4.29. The van der Waals surface area contributed by atoms with Crippen molar-refractivity contribution in [3.05, 3.63) is 77.6 Å². The highest BCUT2D eigenvalue weighted by molar-refractivity contribution is 6.02. The molecule has 8 nitrogen and oxygen atoms in total. The molecule has 0 unspecified atom stereocenters. The van der Waals surface area contributed by atoms with Crippen molar-refractivity contribution in [2.24, 2.45) is 0 Å². The van der Waals surface area contributed by atoms with Gasteiger partial charge in [0.05, 0.1) is 6.20 Å². The Morgan fingerprint density at radius 1 is 1.19 bits per heavy atom. The number of aliphatic hydroxyl groups is 1. The smallest absolute Gasteiger partial charge is 0.270 e. The van der Waals surface area contributed by atoms with Crippen LogP contribution in [0.2, 0.25) is 0 Å². The van der Waals surface area contributed by atoms with E-state index in [2.05, 4.69) is 27.1 Å². The summed E-state index contributed by atoms with van der Waals surface area (Å²) in [6, 6.07) is 10.4. The standard InChI is InChI=1S/C27H25FN4O4/c1-27(2,35)12-10-17-4-5-18-6-8-21(26(34)32(3)23(18)14-17)31-25(33)22-15-19(11-13-29-22)36-20-7-9-24(28)30-16-20/h4-5,7,9,11,13-16,21,35H,6,8H2,1-3H3,(H,31,33)/t21-/m1/s1. The van der Waals surface area contributed by atoms with Gasteiger partial charge in [0.2, 0.25) is 11.9 Å². The van der Waals surface area contributed by atoms with Crippen molar-refractivity contribution in [3.8, 4) is 23.3 Å². The molecule has 2 amide bonds. The van der Waals surface area contributed by atoms with Gasteiger partial charge in [0.25, 0.3) is 5.91 Å². The summed E-state index contributed by atoms with van der Waals surface area (Å²) in [5, 5.41) is 12.6. The summed E-state index contributed by atoms with van der Waals surface area (Å²) in [7, 11) is 1.66. The number of carbonyl (C=O) groups is 2. The van der Waals surface area contributed by atoms with E-state index in [1.807, 2.05) is 18.2 Å². The average Bonchev–Trinajstić information content (AvgIpc) is 2.96. The molecule has 1 atom stereocenters. The number of anilines is 1.